The Kier molecular flexibility index (Phi) is 5.55. The summed E-state index contributed by atoms with van der Waals surface area (Å²) in [4.78, 5) is 11.7. The van der Waals surface area contributed by atoms with Crippen molar-refractivity contribution in [3.05, 3.63) is 94.6 Å². The van der Waals surface area contributed by atoms with Gasteiger partial charge in [0.1, 0.15) is 12.4 Å². The normalized spacial score (nSPS) is 10.7. The molecule has 4 aromatic rings. The third-order valence-corrected chi connectivity index (χ3v) is 5.02. The highest BCUT2D eigenvalue weighted by atomic mass is 35.5. The van der Waals surface area contributed by atoms with Crippen LogP contribution in [0.4, 0.5) is 0 Å². The van der Waals surface area contributed by atoms with Gasteiger partial charge in [-0.1, -0.05) is 53.2 Å². The van der Waals surface area contributed by atoms with Crippen LogP contribution in [-0.2, 0) is 6.61 Å². The van der Waals surface area contributed by atoms with E-state index in [2.05, 4.69) is 5.16 Å². The van der Waals surface area contributed by atoms with Gasteiger partial charge < -0.3 is 14.4 Å². The average Bonchev–Trinajstić information content (AvgIpc) is 3.19. The molecule has 1 N–H and O–H groups in total. The van der Waals surface area contributed by atoms with Crippen LogP contribution in [0.3, 0.4) is 0 Å². The monoisotopic (exact) mass is 419 g/mol. The molecule has 0 spiro atoms. The zero-order valence-electron chi connectivity index (χ0n) is 16.1. The number of aromatic nitrogens is 1. The molecule has 6 heteroatoms. The van der Waals surface area contributed by atoms with Crippen LogP contribution < -0.4 is 4.74 Å². The van der Waals surface area contributed by atoms with Gasteiger partial charge in [-0.05, 0) is 60.0 Å². The quantitative estimate of drug-likeness (QED) is 0.400. The van der Waals surface area contributed by atoms with Gasteiger partial charge in [0.15, 0.2) is 11.5 Å². The molecule has 5 nitrogen and oxygen atoms in total. The van der Waals surface area contributed by atoms with Crippen molar-refractivity contribution in [2.45, 2.75) is 13.5 Å². The van der Waals surface area contributed by atoms with Crippen LogP contribution in [0.5, 0.6) is 5.75 Å². The molecule has 1 heterocycles. The minimum Gasteiger partial charge on any atom is -0.489 e. The summed E-state index contributed by atoms with van der Waals surface area (Å²) in [7, 11) is 0. The van der Waals surface area contributed by atoms with Gasteiger partial charge in [-0.25, -0.2) is 4.79 Å². The molecular formula is C24H18ClNO4. The number of rotatable bonds is 6. The van der Waals surface area contributed by atoms with Gasteiger partial charge in [0.25, 0.3) is 0 Å². The predicted molar refractivity (Wildman–Crippen MR) is 115 cm³/mol. The van der Waals surface area contributed by atoms with Crippen molar-refractivity contribution in [2.75, 3.05) is 0 Å². The summed E-state index contributed by atoms with van der Waals surface area (Å²) in [6, 6.07) is 22.2. The second-order valence-corrected chi connectivity index (χ2v) is 7.23. The number of carboxylic acids is 1. The summed E-state index contributed by atoms with van der Waals surface area (Å²) < 4.78 is 11.3. The van der Waals surface area contributed by atoms with Gasteiger partial charge in [0, 0.05) is 10.6 Å². The van der Waals surface area contributed by atoms with Crippen LogP contribution in [0.15, 0.2) is 77.3 Å². The highest BCUT2D eigenvalue weighted by Gasteiger charge is 2.24. The smallest absolute Gasteiger partial charge is 0.358 e. The van der Waals surface area contributed by atoms with Crippen LogP contribution >= 0.6 is 11.6 Å². The van der Waals surface area contributed by atoms with E-state index >= 15 is 0 Å². The second-order valence-electron chi connectivity index (χ2n) is 6.79. The van der Waals surface area contributed by atoms with Gasteiger partial charge in [0.05, 0.1) is 5.56 Å². The van der Waals surface area contributed by atoms with Crippen LogP contribution in [0.2, 0.25) is 5.02 Å². The summed E-state index contributed by atoms with van der Waals surface area (Å²) in [6.07, 6.45) is 0. The summed E-state index contributed by atoms with van der Waals surface area (Å²) in [5, 5.41) is 13.8. The van der Waals surface area contributed by atoms with E-state index in [0.717, 1.165) is 5.56 Å². The molecule has 0 radical (unpaired) electrons. The number of aromatic carboxylic acids is 1. The molecule has 0 amide bonds. The zero-order valence-corrected chi connectivity index (χ0v) is 16.9. The Morgan fingerprint density at radius 2 is 1.80 bits per heavy atom. The fraction of sp³-hybridized carbons (Fsp3) is 0.0833. The van der Waals surface area contributed by atoms with E-state index < -0.39 is 5.97 Å². The van der Waals surface area contributed by atoms with Crippen molar-refractivity contribution in [1.82, 2.24) is 5.16 Å². The van der Waals surface area contributed by atoms with Crippen LogP contribution in [0.1, 0.15) is 21.6 Å². The molecule has 3 aromatic carbocycles. The van der Waals surface area contributed by atoms with E-state index in [1.54, 1.807) is 24.3 Å². The number of hydrogen-bond donors (Lipinski definition) is 1. The number of benzene rings is 3. The fourth-order valence-electron chi connectivity index (χ4n) is 3.18. The van der Waals surface area contributed by atoms with Crippen molar-refractivity contribution in [2.24, 2.45) is 0 Å². The zero-order chi connectivity index (χ0) is 21.1. The summed E-state index contributed by atoms with van der Waals surface area (Å²) in [5.74, 6) is -0.109. The molecule has 0 unspecified atom stereocenters. The molecule has 0 atom stereocenters. The van der Waals surface area contributed by atoms with Crippen molar-refractivity contribution < 1.29 is 19.2 Å². The molecule has 30 heavy (non-hydrogen) atoms. The van der Waals surface area contributed by atoms with E-state index in [0.29, 0.717) is 39.8 Å². The maximum absolute atomic E-state index is 11.7. The third kappa shape index (κ3) is 4.07. The Balaban J connectivity index is 1.63. The lowest BCUT2D eigenvalue weighted by molar-refractivity contribution is 0.0686. The highest BCUT2D eigenvalue weighted by molar-refractivity contribution is 6.30. The molecule has 0 aliphatic carbocycles. The number of halogens is 1. The van der Waals surface area contributed by atoms with Crippen molar-refractivity contribution >= 4 is 17.6 Å². The molecule has 150 valence electrons. The second kappa shape index (κ2) is 8.43. The number of aryl methyl sites for hydroxylation is 1. The Labute approximate surface area is 178 Å². The molecule has 0 aliphatic rings. The van der Waals surface area contributed by atoms with E-state index in [4.69, 9.17) is 20.9 Å². The van der Waals surface area contributed by atoms with Crippen molar-refractivity contribution in [3.8, 4) is 28.2 Å². The first-order valence-corrected chi connectivity index (χ1v) is 9.67. The number of nitrogens with zero attached hydrogens (tertiary/aromatic N) is 1. The van der Waals surface area contributed by atoms with Gasteiger partial charge >= 0.3 is 5.97 Å². The molecule has 4 rings (SSSR count). The summed E-state index contributed by atoms with van der Waals surface area (Å²) >= 11 is 6.09. The summed E-state index contributed by atoms with van der Waals surface area (Å²) in [5.41, 5.74) is 3.82. The lowest BCUT2D eigenvalue weighted by Crippen LogP contribution is -1.99. The molecule has 0 fully saturated rings. The van der Waals surface area contributed by atoms with E-state index in [-0.39, 0.29) is 5.69 Å². The van der Waals surface area contributed by atoms with Crippen LogP contribution in [0, 0.1) is 6.92 Å². The van der Waals surface area contributed by atoms with Gasteiger partial charge in [-0.2, -0.15) is 0 Å². The Morgan fingerprint density at radius 3 is 2.50 bits per heavy atom. The largest absolute Gasteiger partial charge is 0.489 e. The Hall–Kier alpha value is -3.57. The highest BCUT2D eigenvalue weighted by Crippen LogP contribution is 2.36. The molecule has 0 saturated heterocycles. The standard InChI is InChI=1S/C24H18ClNO4/c1-15-5-2-3-6-18(15)14-29-20-11-9-16(10-12-20)23-21(22(24(27)28)26-30-23)17-7-4-8-19(25)13-17/h2-13H,14H2,1H3,(H,27,28). The first-order valence-electron chi connectivity index (χ1n) is 9.29. The Morgan fingerprint density at radius 1 is 1.03 bits per heavy atom. The van der Waals surface area contributed by atoms with Crippen molar-refractivity contribution in [3.63, 3.8) is 0 Å². The van der Waals surface area contributed by atoms with E-state index in [1.807, 2.05) is 55.5 Å². The lowest BCUT2D eigenvalue weighted by Gasteiger charge is -2.09. The van der Waals surface area contributed by atoms with E-state index in [9.17, 15) is 9.90 Å². The van der Waals surface area contributed by atoms with Crippen LogP contribution in [-0.4, -0.2) is 16.2 Å². The molecule has 0 saturated carbocycles. The first-order chi connectivity index (χ1) is 14.5. The predicted octanol–water partition coefficient (Wildman–Crippen LogP) is 6.25. The average molecular weight is 420 g/mol. The van der Waals surface area contributed by atoms with E-state index in [1.165, 1.54) is 5.56 Å². The minimum absolute atomic E-state index is 0.160. The maximum atomic E-state index is 11.7. The first kappa shape index (κ1) is 19.7. The lowest BCUT2D eigenvalue weighted by atomic mass is 9.99. The molecule has 0 bridgehead atoms. The van der Waals surface area contributed by atoms with Crippen molar-refractivity contribution in [1.29, 1.82) is 0 Å². The number of ether oxygens (including phenoxy) is 1. The molecule has 1 aromatic heterocycles. The molecular weight excluding hydrogens is 402 g/mol. The number of hydrogen-bond acceptors (Lipinski definition) is 4. The number of carbonyl (C=O) groups is 1. The SMILES string of the molecule is Cc1ccccc1COc1ccc(-c2onc(C(=O)O)c2-c2cccc(Cl)c2)cc1. The topological polar surface area (TPSA) is 72.6 Å². The third-order valence-electron chi connectivity index (χ3n) is 4.78. The Bertz CT molecular complexity index is 1200. The molecule has 0 aliphatic heterocycles. The van der Waals surface area contributed by atoms with Gasteiger partial charge in [-0.15, -0.1) is 0 Å². The van der Waals surface area contributed by atoms with Gasteiger partial charge in [0.2, 0.25) is 0 Å². The van der Waals surface area contributed by atoms with Crippen LogP contribution in [0.25, 0.3) is 22.5 Å². The minimum atomic E-state index is -1.17. The summed E-state index contributed by atoms with van der Waals surface area (Å²) in [6.45, 7) is 2.51. The maximum Gasteiger partial charge on any atom is 0.358 e. The van der Waals surface area contributed by atoms with Gasteiger partial charge in [-0.3, -0.25) is 0 Å². The fourth-order valence-corrected chi connectivity index (χ4v) is 3.37. The number of carboxylic acid groups (broad SMARTS) is 1.